The molecule has 0 aromatic heterocycles. The van der Waals surface area contributed by atoms with Gasteiger partial charge in [0, 0.05) is 17.9 Å². The van der Waals surface area contributed by atoms with Gasteiger partial charge in [-0.2, -0.15) is 0 Å². The smallest absolute Gasteiger partial charge is 0.408 e. The quantitative estimate of drug-likeness (QED) is 0.144. The lowest BCUT2D eigenvalue weighted by Gasteiger charge is -2.14. The molecule has 1 N–H and O–H groups in total. The second-order valence-corrected chi connectivity index (χ2v) is 8.00. The zero-order chi connectivity index (χ0) is 20.3. The summed E-state index contributed by atoms with van der Waals surface area (Å²) in [5, 5.41) is 2.78. The van der Waals surface area contributed by atoms with Crippen LogP contribution in [0, 0.1) is 0 Å². The highest BCUT2D eigenvalue weighted by atomic mass is 32.2. The summed E-state index contributed by atoms with van der Waals surface area (Å²) in [7, 11) is 0. The van der Waals surface area contributed by atoms with E-state index in [2.05, 4.69) is 18.8 Å². The molecule has 0 saturated heterocycles. The largest absolute Gasteiger partial charge is 0.463 e. The number of carbonyl (C=O) groups is 2. The van der Waals surface area contributed by atoms with Gasteiger partial charge in [0.25, 0.3) is 0 Å². The summed E-state index contributed by atoms with van der Waals surface area (Å²) in [5.41, 5.74) is 0.0342. The topological polar surface area (TPSA) is 64.6 Å². The molecule has 0 aliphatic carbocycles. The van der Waals surface area contributed by atoms with Crippen molar-refractivity contribution < 1.29 is 19.1 Å². The standard InChI is InChI=1S/C21H39NO4S/c1-5-7-8-9-10-11-12-13-14-15-16-22-21(24)26-19(4)27-17-18(3)20(23)25-6-2/h19H,3,5-17H2,1-2,4H3,(H,22,24). The summed E-state index contributed by atoms with van der Waals surface area (Å²) in [6.45, 7) is 10.4. The molecule has 5 nitrogen and oxygen atoms in total. The van der Waals surface area contributed by atoms with Crippen molar-refractivity contribution in [2.45, 2.75) is 90.4 Å². The highest BCUT2D eigenvalue weighted by Gasteiger charge is 2.13. The van der Waals surface area contributed by atoms with Gasteiger partial charge in [-0.1, -0.05) is 71.3 Å². The lowest BCUT2D eigenvalue weighted by Crippen LogP contribution is -2.28. The van der Waals surface area contributed by atoms with Crippen LogP contribution in [-0.2, 0) is 14.3 Å². The second kappa shape index (κ2) is 18.2. The van der Waals surface area contributed by atoms with Crippen molar-refractivity contribution in [2.24, 2.45) is 0 Å². The van der Waals surface area contributed by atoms with Crippen molar-refractivity contribution in [1.29, 1.82) is 0 Å². The number of hydrogen-bond acceptors (Lipinski definition) is 5. The third-order valence-electron chi connectivity index (χ3n) is 4.13. The minimum atomic E-state index is -0.410. The molecule has 0 fully saturated rings. The van der Waals surface area contributed by atoms with Gasteiger partial charge in [-0.05, 0) is 20.3 Å². The van der Waals surface area contributed by atoms with E-state index in [4.69, 9.17) is 9.47 Å². The van der Waals surface area contributed by atoms with Gasteiger partial charge in [-0.25, -0.2) is 9.59 Å². The predicted octanol–water partition coefficient (Wildman–Crippen LogP) is 5.83. The summed E-state index contributed by atoms with van der Waals surface area (Å²) in [5.74, 6) is -0.0197. The molecule has 1 unspecified atom stereocenters. The van der Waals surface area contributed by atoms with Crippen molar-refractivity contribution in [3.05, 3.63) is 12.2 Å². The molecule has 0 saturated carbocycles. The first-order valence-electron chi connectivity index (χ1n) is 10.4. The van der Waals surface area contributed by atoms with Gasteiger partial charge in [0.2, 0.25) is 0 Å². The number of amides is 1. The Morgan fingerprint density at radius 2 is 1.52 bits per heavy atom. The maximum atomic E-state index is 11.7. The van der Waals surface area contributed by atoms with E-state index in [0.29, 0.717) is 24.5 Å². The zero-order valence-corrected chi connectivity index (χ0v) is 18.3. The molecule has 1 atom stereocenters. The number of alkyl carbamates (subject to hydrolysis) is 1. The van der Waals surface area contributed by atoms with E-state index in [0.717, 1.165) is 12.8 Å². The Morgan fingerprint density at radius 3 is 2.07 bits per heavy atom. The molecule has 0 aliphatic rings. The second-order valence-electron chi connectivity index (χ2n) is 6.72. The molecule has 6 heteroatoms. The lowest BCUT2D eigenvalue weighted by atomic mass is 10.1. The third kappa shape index (κ3) is 16.7. The number of hydrogen-bond donors (Lipinski definition) is 1. The first kappa shape index (κ1) is 25.8. The first-order chi connectivity index (χ1) is 13.0. The molecule has 0 aromatic carbocycles. The Bertz CT molecular complexity index is 415. The molecule has 0 aliphatic heterocycles. The van der Waals surface area contributed by atoms with E-state index in [1.165, 1.54) is 63.1 Å². The number of unbranched alkanes of at least 4 members (excludes halogenated alkanes) is 9. The SMILES string of the molecule is C=C(CSC(C)OC(=O)NCCCCCCCCCCCC)C(=O)OCC. The average Bonchev–Trinajstić information content (AvgIpc) is 2.64. The number of esters is 1. The molecule has 27 heavy (non-hydrogen) atoms. The van der Waals surface area contributed by atoms with E-state index >= 15 is 0 Å². The Kier molecular flexibility index (Phi) is 17.4. The molecular formula is C21H39NO4S. The Balaban J connectivity index is 3.52. The minimum absolute atomic E-state index is 0.329. The van der Waals surface area contributed by atoms with Crippen LogP contribution >= 0.6 is 11.8 Å². The van der Waals surface area contributed by atoms with E-state index in [1.807, 2.05) is 0 Å². The van der Waals surface area contributed by atoms with Gasteiger partial charge in [0.15, 0.2) is 0 Å². The summed E-state index contributed by atoms with van der Waals surface area (Å²) < 4.78 is 10.1. The molecule has 0 radical (unpaired) electrons. The van der Waals surface area contributed by atoms with Gasteiger partial charge in [-0.15, -0.1) is 11.8 Å². The Morgan fingerprint density at radius 1 is 0.963 bits per heavy atom. The highest BCUT2D eigenvalue weighted by Crippen LogP contribution is 2.16. The molecule has 0 aromatic rings. The van der Waals surface area contributed by atoms with Crippen LogP contribution in [0.2, 0.25) is 0 Å². The molecular weight excluding hydrogens is 362 g/mol. The highest BCUT2D eigenvalue weighted by molar-refractivity contribution is 7.99. The molecule has 0 spiro atoms. The van der Waals surface area contributed by atoms with E-state index in [1.54, 1.807) is 13.8 Å². The van der Waals surface area contributed by atoms with Crippen LogP contribution in [0.1, 0.15) is 85.0 Å². The van der Waals surface area contributed by atoms with Gasteiger partial charge in [0.1, 0.15) is 5.44 Å². The fourth-order valence-corrected chi connectivity index (χ4v) is 3.25. The maximum absolute atomic E-state index is 11.7. The van der Waals surface area contributed by atoms with Crippen LogP contribution in [-0.4, -0.2) is 36.4 Å². The summed E-state index contributed by atoms with van der Waals surface area (Å²) in [4.78, 5) is 23.2. The van der Waals surface area contributed by atoms with Crippen molar-refractivity contribution in [2.75, 3.05) is 18.9 Å². The van der Waals surface area contributed by atoms with Gasteiger partial charge >= 0.3 is 12.1 Å². The monoisotopic (exact) mass is 401 g/mol. The number of rotatable bonds is 17. The van der Waals surface area contributed by atoms with Crippen LogP contribution < -0.4 is 5.32 Å². The molecule has 0 bridgehead atoms. The summed E-state index contributed by atoms with van der Waals surface area (Å²) >= 11 is 1.34. The van der Waals surface area contributed by atoms with Crippen LogP contribution in [0.25, 0.3) is 0 Å². The Labute approximate surface area is 170 Å². The zero-order valence-electron chi connectivity index (χ0n) is 17.5. The summed E-state index contributed by atoms with van der Waals surface area (Å²) in [6, 6.07) is 0. The van der Waals surface area contributed by atoms with Gasteiger partial charge in [0.05, 0.1) is 6.61 Å². The third-order valence-corrected chi connectivity index (χ3v) is 5.21. The number of thioether (sulfide) groups is 1. The van der Waals surface area contributed by atoms with Crippen molar-refractivity contribution in [3.8, 4) is 0 Å². The average molecular weight is 402 g/mol. The van der Waals surface area contributed by atoms with Gasteiger partial charge < -0.3 is 14.8 Å². The van der Waals surface area contributed by atoms with Crippen LogP contribution in [0.4, 0.5) is 4.79 Å². The first-order valence-corrected chi connectivity index (χ1v) is 11.5. The van der Waals surface area contributed by atoms with Crippen LogP contribution in [0.3, 0.4) is 0 Å². The van der Waals surface area contributed by atoms with Gasteiger partial charge in [-0.3, -0.25) is 0 Å². The van der Waals surface area contributed by atoms with Crippen LogP contribution in [0.5, 0.6) is 0 Å². The number of carbonyl (C=O) groups excluding carboxylic acids is 2. The molecule has 0 rings (SSSR count). The molecule has 1 amide bonds. The van der Waals surface area contributed by atoms with E-state index < -0.39 is 12.1 Å². The number of ether oxygens (including phenoxy) is 2. The molecule has 0 heterocycles. The van der Waals surface area contributed by atoms with Crippen molar-refractivity contribution >= 4 is 23.8 Å². The maximum Gasteiger partial charge on any atom is 0.408 e. The minimum Gasteiger partial charge on any atom is -0.463 e. The Hall–Kier alpha value is -1.17. The van der Waals surface area contributed by atoms with E-state index in [9.17, 15) is 9.59 Å². The van der Waals surface area contributed by atoms with E-state index in [-0.39, 0.29) is 5.44 Å². The molecule has 158 valence electrons. The summed E-state index contributed by atoms with van der Waals surface area (Å²) in [6.07, 6.45) is 12.3. The number of nitrogens with one attached hydrogen (secondary N) is 1. The fraction of sp³-hybridized carbons (Fsp3) is 0.810. The lowest BCUT2D eigenvalue weighted by molar-refractivity contribution is -0.138. The normalized spacial score (nSPS) is 11.7. The van der Waals surface area contributed by atoms with Crippen molar-refractivity contribution in [1.82, 2.24) is 5.32 Å². The predicted molar refractivity (Wildman–Crippen MR) is 114 cm³/mol. The van der Waals surface area contributed by atoms with Crippen LogP contribution in [0.15, 0.2) is 12.2 Å². The van der Waals surface area contributed by atoms with Crippen molar-refractivity contribution in [3.63, 3.8) is 0 Å². The fourth-order valence-electron chi connectivity index (χ4n) is 2.54.